The second-order valence-corrected chi connectivity index (χ2v) is 6.71. The highest BCUT2D eigenvalue weighted by Gasteiger charge is 2.30. The molecule has 2 aromatic carbocycles. The smallest absolute Gasteiger partial charge is 0.338 e. The van der Waals surface area contributed by atoms with Crippen molar-refractivity contribution in [1.29, 1.82) is 0 Å². The number of hydrogen-bond donors (Lipinski definition) is 1. The molecule has 0 aliphatic carbocycles. The first kappa shape index (κ1) is 18.6. The first-order chi connectivity index (χ1) is 12.9. The number of aryl methyl sites for hydroxylation is 1. The summed E-state index contributed by atoms with van der Waals surface area (Å²) in [7, 11) is 0. The summed E-state index contributed by atoms with van der Waals surface area (Å²) in [6.07, 6.45) is 0.172. The van der Waals surface area contributed by atoms with E-state index in [2.05, 4.69) is 5.32 Å². The van der Waals surface area contributed by atoms with Crippen molar-refractivity contribution in [1.82, 2.24) is 0 Å². The molecule has 1 atom stereocenters. The van der Waals surface area contributed by atoms with E-state index in [-0.39, 0.29) is 30.9 Å². The van der Waals surface area contributed by atoms with E-state index in [9.17, 15) is 14.4 Å². The molecule has 0 radical (unpaired) electrons. The quantitative estimate of drug-likeness (QED) is 0.847. The molecule has 0 unspecified atom stereocenters. The lowest BCUT2D eigenvalue weighted by molar-refractivity contribution is -0.122. The zero-order valence-corrected chi connectivity index (χ0v) is 15.6. The number of ether oxygens (including phenoxy) is 1. The number of nitrogens with zero attached hydrogens (tertiary/aromatic N) is 1. The predicted molar refractivity (Wildman–Crippen MR) is 103 cm³/mol. The van der Waals surface area contributed by atoms with Crippen LogP contribution in [0.1, 0.15) is 34.8 Å². The molecule has 0 saturated heterocycles. The van der Waals surface area contributed by atoms with Crippen LogP contribution in [0, 0.1) is 13.8 Å². The highest BCUT2D eigenvalue weighted by Crippen LogP contribution is 2.31. The number of carbonyl (C=O) groups excluding carboxylic acids is 3. The standard InChI is InChI=1S/C21H22N2O4/c1-13-7-6-8-16(15(13)3)21(26)27-12-20(25)23-14(2)11-19(24)22-17-9-4-5-10-18(17)23/h4-10,14H,11-12H2,1-3H3,(H,22,24)/t14-/m1/s1. The van der Waals surface area contributed by atoms with Gasteiger partial charge < -0.3 is 15.0 Å². The summed E-state index contributed by atoms with van der Waals surface area (Å²) in [5.74, 6) is -1.06. The zero-order chi connectivity index (χ0) is 19.6. The van der Waals surface area contributed by atoms with Gasteiger partial charge in [-0.3, -0.25) is 9.59 Å². The average molecular weight is 366 g/mol. The summed E-state index contributed by atoms with van der Waals surface area (Å²) in [6, 6.07) is 12.1. The van der Waals surface area contributed by atoms with Crippen LogP contribution in [0.4, 0.5) is 11.4 Å². The molecule has 0 spiro atoms. The molecule has 0 bridgehead atoms. The van der Waals surface area contributed by atoms with Gasteiger partial charge >= 0.3 is 5.97 Å². The van der Waals surface area contributed by atoms with Crippen molar-refractivity contribution in [2.75, 3.05) is 16.8 Å². The topological polar surface area (TPSA) is 75.7 Å². The molecule has 1 aliphatic rings. The number of nitrogens with one attached hydrogen (secondary N) is 1. The highest BCUT2D eigenvalue weighted by molar-refractivity contribution is 6.05. The van der Waals surface area contributed by atoms with E-state index in [1.807, 2.05) is 19.9 Å². The van der Waals surface area contributed by atoms with Crippen molar-refractivity contribution in [2.45, 2.75) is 33.2 Å². The van der Waals surface area contributed by atoms with Gasteiger partial charge in [-0.1, -0.05) is 24.3 Å². The maximum absolute atomic E-state index is 12.8. The van der Waals surface area contributed by atoms with E-state index < -0.39 is 5.97 Å². The van der Waals surface area contributed by atoms with Crippen LogP contribution in [0.2, 0.25) is 0 Å². The molecular formula is C21H22N2O4. The fourth-order valence-electron chi connectivity index (χ4n) is 3.21. The minimum absolute atomic E-state index is 0.155. The van der Waals surface area contributed by atoms with Crippen molar-refractivity contribution >= 4 is 29.2 Å². The Morgan fingerprint density at radius 3 is 2.67 bits per heavy atom. The van der Waals surface area contributed by atoms with Crippen LogP contribution in [-0.2, 0) is 14.3 Å². The average Bonchev–Trinajstić information content (AvgIpc) is 2.76. The molecule has 0 saturated carbocycles. The molecule has 2 amide bonds. The molecule has 1 N–H and O–H groups in total. The maximum Gasteiger partial charge on any atom is 0.338 e. The van der Waals surface area contributed by atoms with E-state index in [0.29, 0.717) is 16.9 Å². The first-order valence-electron chi connectivity index (χ1n) is 8.82. The number of benzene rings is 2. The molecule has 0 fully saturated rings. The summed E-state index contributed by atoms with van der Waals surface area (Å²) < 4.78 is 5.27. The van der Waals surface area contributed by atoms with Crippen molar-refractivity contribution in [3.63, 3.8) is 0 Å². The van der Waals surface area contributed by atoms with Crippen molar-refractivity contribution in [3.05, 3.63) is 59.2 Å². The Hall–Kier alpha value is -3.15. The molecule has 6 nitrogen and oxygen atoms in total. The number of hydrogen-bond acceptors (Lipinski definition) is 4. The number of esters is 1. The summed E-state index contributed by atoms with van der Waals surface area (Å²) in [4.78, 5) is 38.7. The SMILES string of the molecule is Cc1cccc(C(=O)OCC(=O)N2c3ccccc3NC(=O)C[C@H]2C)c1C. The number of carbonyl (C=O) groups is 3. The summed E-state index contributed by atoms with van der Waals surface area (Å²) >= 11 is 0. The van der Waals surface area contributed by atoms with Gasteiger partial charge in [0.25, 0.3) is 5.91 Å². The summed E-state index contributed by atoms with van der Waals surface area (Å²) in [5, 5.41) is 2.80. The molecule has 6 heteroatoms. The van der Waals surface area contributed by atoms with Crippen LogP contribution in [0.15, 0.2) is 42.5 Å². The van der Waals surface area contributed by atoms with Gasteiger partial charge in [0.1, 0.15) is 0 Å². The van der Waals surface area contributed by atoms with Gasteiger partial charge in [0.15, 0.2) is 6.61 Å². The molecule has 1 heterocycles. The first-order valence-corrected chi connectivity index (χ1v) is 8.82. The predicted octanol–water partition coefficient (Wildman–Crippen LogP) is 3.22. The van der Waals surface area contributed by atoms with Crippen LogP contribution < -0.4 is 10.2 Å². The third-order valence-corrected chi connectivity index (χ3v) is 4.78. The van der Waals surface area contributed by atoms with Gasteiger partial charge in [-0.25, -0.2) is 4.79 Å². The van der Waals surface area contributed by atoms with Crippen LogP contribution >= 0.6 is 0 Å². The Morgan fingerprint density at radius 1 is 1.15 bits per heavy atom. The van der Waals surface area contributed by atoms with Crippen LogP contribution in [0.3, 0.4) is 0 Å². The van der Waals surface area contributed by atoms with Crippen molar-refractivity contribution in [3.8, 4) is 0 Å². The van der Waals surface area contributed by atoms with Gasteiger partial charge in [0.05, 0.1) is 16.9 Å². The number of amides is 2. The Bertz CT molecular complexity index is 907. The lowest BCUT2D eigenvalue weighted by atomic mass is 10.0. The largest absolute Gasteiger partial charge is 0.452 e. The van der Waals surface area contributed by atoms with Gasteiger partial charge in [-0.15, -0.1) is 0 Å². The monoisotopic (exact) mass is 366 g/mol. The Kier molecular flexibility index (Phi) is 5.26. The van der Waals surface area contributed by atoms with Gasteiger partial charge in [-0.2, -0.15) is 0 Å². The fourth-order valence-corrected chi connectivity index (χ4v) is 3.21. The number of rotatable bonds is 3. The number of fused-ring (bicyclic) bond motifs is 1. The minimum Gasteiger partial charge on any atom is -0.452 e. The number of para-hydroxylation sites is 2. The normalized spacial score (nSPS) is 16.2. The summed E-state index contributed by atoms with van der Waals surface area (Å²) in [6.45, 7) is 5.17. The van der Waals surface area contributed by atoms with Gasteiger partial charge in [0, 0.05) is 12.5 Å². The second kappa shape index (κ2) is 7.61. The molecule has 3 rings (SSSR count). The Labute approximate surface area is 158 Å². The zero-order valence-electron chi connectivity index (χ0n) is 15.6. The van der Waals surface area contributed by atoms with Gasteiger partial charge in [0.2, 0.25) is 5.91 Å². The van der Waals surface area contributed by atoms with E-state index in [4.69, 9.17) is 4.74 Å². The van der Waals surface area contributed by atoms with Crippen LogP contribution in [0.5, 0.6) is 0 Å². The maximum atomic E-state index is 12.8. The fraction of sp³-hybridized carbons (Fsp3) is 0.286. The third kappa shape index (κ3) is 3.84. The molecule has 2 aromatic rings. The van der Waals surface area contributed by atoms with E-state index in [1.165, 1.54) is 4.90 Å². The second-order valence-electron chi connectivity index (χ2n) is 6.71. The van der Waals surface area contributed by atoms with Crippen molar-refractivity contribution in [2.24, 2.45) is 0 Å². The molecule has 0 aromatic heterocycles. The lowest BCUT2D eigenvalue weighted by Gasteiger charge is -2.27. The molecule has 140 valence electrons. The van der Waals surface area contributed by atoms with Gasteiger partial charge in [-0.05, 0) is 50.1 Å². The van der Waals surface area contributed by atoms with Crippen LogP contribution in [0.25, 0.3) is 0 Å². The summed E-state index contributed by atoms with van der Waals surface area (Å²) in [5.41, 5.74) is 3.43. The molecular weight excluding hydrogens is 344 g/mol. The van der Waals surface area contributed by atoms with E-state index in [1.54, 1.807) is 43.3 Å². The highest BCUT2D eigenvalue weighted by atomic mass is 16.5. The number of anilines is 2. The minimum atomic E-state index is -0.533. The van der Waals surface area contributed by atoms with E-state index in [0.717, 1.165) is 11.1 Å². The lowest BCUT2D eigenvalue weighted by Crippen LogP contribution is -2.41. The molecule has 1 aliphatic heterocycles. The molecule has 27 heavy (non-hydrogen) atoms. The van der Waals surface area contributed by atoms with E-state index >= 15 is 0 Å². The Balaban J connectivity index is 1.78. The van der Waals surface area contributed by atoms with Crippen LogP contribution in [-0.4, -0.2) is 30.4 Å². The Morgan fingerprint density at radius 2 is 1.89 bits per heavy atom. The third-order valence-electron chi connectivity index (χ3n) is 4.78. The van der Waals surface area contributed by atoms with Crippen molar-refractivity contribution < 1.29 is 19.1 Å².